The summed E-state index contributed by atoms with van der Waals surface area (Å²) in [4.78, 5) is 19.2. The molecule has 3 aromatic rings. The molecule has 1 saturated heterocycles. The van der Waals surface area contributed by atoms with E-state index in [1.165, 1.54) is 4.90 Å². The number of anilines is 1. The Kier molecular flexibility index (Phi) is 3.23. The molecule has 1 aromatic carbocycles. The SMILES string of the molecule is O=C(O)N1CCN(c2nc3ccc(Cl)cc3c3conc23)CC1. The maximum absolute atomic E-state index is 11.0. The monoisotopic (exact) mass is 332 g/mol. The lowest BCUT2D eigenvalue weighted by Crippen LogP contribution is -2.48. The molecule has 2 aromatic heterocycles. The number of amides is 1. The predicted octanol–water partition coefficient (Wildman–Crippen LogP) is 2.83. The van der Waals surface area contributed by atoms with Gasteiger partial charge in [-0.3, -0.25) is 0 Å². The summed E-state index contributed by atoms with van der Waals surface area (Å²) in [5, 5.41) is 15.5. The lowest BCUT2D eigenvalue weighted by Gasteiger charge is -2.33. The molecule has 0 unspecified atom stereocenters. The maximum Gasteiger partial charge on any atom is 0.407 e. The van der Waals surface area contributed by atoms with E-state index >= 15 is 0 Å². The average Bonchev–Trinajstić information content (AvgIpc) is 3.04. The van der Waals surface area contributed by atoms with Crippen molar-refractivity contribution in [3.63, 3.8) is 0 Å². The fourth-order valence-electron chi connectivity index (χ4n) is 2.91. The Labute approximate surface area is 136 Å². The van der Waals surface area contributed by atoms with Crippen LogP contribution in [-0.2, 0) is 0 Å². The van der Waals surface area contributed by atoms with Crippen molar-refractivity contribution in [2.45, 2.75) is 0 Å². The normalized spacial score (nSPS) is 15.5. The molecule has 4 rings (SSSR count). The summed E-state index contributed by atoms with van der Waals surface area (Å²) in [5.74, 6) is 0.716. The molecule has 0 aliphatic carbocycles. The summed E-state index contributed by atoms with van der Waals surface area (Å²) in [6.07, 6.45) is 0.699. The van der Waals surface area contributed by atoms with Gasteiger partial charge in [-0.15, -0.1) is 0 Å². The standard InChI is InChI=1S/C15H13ClN4O3/c16-9-1-2-12-10(7-9)11-8-23-18-13(11)14(17-12)19-3-5-20(6-4-19)15(21)22/h1-2,7-8H,3-6H2,(H,21,22). The first-order chi connectivity index (χ1) is 11.1. The molecule has 1 aliphatic heterocycles. The number of aromatic nitrogens is 2. The molecular weight excluding hydrogens is 320 g/mol. The van der Waals surface area contributed by atoms with Crippen LogP contribution in [0, 0.1) is 0 Å². The molecule has 7 nitrogen and oxygen atoms in total. The van der Waals surface area contributed by atoms with Crippen molar-refractivity contribution in [2.24, 2.45) is 0 Å². The number of pyridine rings is 1. The van der Waals surface area contributed by atoms with Crippen LogP contribution in [0.3, 0.4) is 0 Å². The smallest absolute Gasteiger partial charge is 0.407 e. The van der Waals surface area contributed by atoms with Crippen LogP contribution in [0.25, 0.3) is 21.8 Å². The molecule has 1 fully saturated rings. The molecule has 0 spiro atoms. The van der Waals surface area contributed by atoms with Crippen LogP contribution in [0.5, 0.6) is 0 Å². The molecule has 0 bridgehead atoms. The van der Waals surface area contributed by atoms with E-state index in [1.807, 2.05) is 17.0 Å². The van der Waals surface area contributed by atoms with Gasteiger partial charge in [-0.2, -0.15) is 0 Å². The zero-order valence-corrected chi connectivity index (χ0v) is 12.8. The van der Waals surface area contributed by atoms with Crippen molar-refractivity contribution in [3.05, 3.63) is 29.5 Å². The molecule has 3 heterocycles. The minimum atomic E-state index is -0.891. The third-order valence-electron chi connectivity index (χ3n) is 4.11. The van der Waals surface area contributed by atoms with Gasteiger partial charge in [-0.25, -0.2) is 9.78 Å². The quantitative estimate of drug-likeness (QED) is 0.737. The summed E-state index contributed by atoms with van der Waals surface area (Å²) in [5.41, 5.74) is 1.48. The Balaban J connectivity index is 1.79. The predicted molar refractivity (Wildman–Crippen MR) is 86.1 cm³/mol. The van der Waals surface area contributed by atoms with Crippen LogP contribution in [-0.4, -0.2) is 52.4 Å². The van der Waals surface area contributed by atoms with Crippen LogP contribution in [0.15, 0.2) is 29.0 Å². The van der Waals surface area contributed by atoms with Crippen LogP contribution in [0.2, 0.25) is 5.02 Å². The van der Waals surface area contributed by atoms with Gasteiger partial charge in [0.05, 0.1) is 10.9 Å². The number of rotatable bonds is 1. The second-order valence-corrected chi connectivity index (χ2v) is 5.87. The van der Waals surface area contributed by atoms with Gasteiger partial charge in [-0.1, -0.05) is 16.8 Å². The van der Waals surface area contributed by atoms with Crippen molar-refractivity contribution < 1.29 is 14.4 Å². The summed E-state index contributed by atoms with van der Waals surface area (Å²) in [7, 11) is 0. The minimum Gasteiger partial charge on any atom is -0.465 e. The number of benzene rings is 1. The van der Waals surface area contributed by atoms with Gasteiger partial charge in [0.15, 0.2) is 11.3 Å². The lowest BCUT2D eigenvalue weighted by atomic mass is 10.1. The minimum absolute atomic E-state index is 0.439. The number of piperazine rings is 1. The Bertz CT molecular complexity index is 902. The van der Waals surface area contributed by atoms with E-state index in [-0.39, 0.29) is 0 Å². The Morgan fingerprint density at radius 1 is 1.22 bits per heavy atom. The molecule has 0 saturated carbocycles. The van der Waals surface area contributed by atoms with Crippen LogP contribution < -0.4 is 4.90 Å². The number of fused-ring (bicyclic) bond motifs is 3. The van der Waals surface area contributed by atoms with E-state index in [2.05, 4.69) is 10.1 Å². The molecule has 1 N–H and O–H groups in total. The molecule has 0 atom stereocenters. The summed E-state index contributed by atoms with van der Waals surface area (Å²) in [6, 6.07) is 5.50. The van der Waals surface area contributed by atoms with Crippen LogP contribution in [0.4, 0.5) is 10.6 Å². The highest BCUT2D eigenvalue weighted by Crippen LogP contribution is 2.32. The van der Waals surface area contributed by atoms with Crippen LogP contribution >= 0.6 is 11.6 Å². The first kappa shape index (κ1) is 14.1. The van der Waals surface area contributed by atoms with E-state index < -0.39 is 6.09 Å². The number of halogens is 1. The Morgan fingerprint density at radius 2 is 2.00 bits per heavy atom. The third-order valence-corrected chi connectivity index (χ3v) is 4.34. The lowest BCUT2D eigenvalue weighted by molar-refractivity contribution is 0.142. The Morgan fingerprint density at radius 3 is 2.74 bits per heavy atom. The van der Waals surface area contributed by atoms with Crippen molar-refractivity contribution in [2.75, 3.05) is 31.1 Å². The molecule has 1 aliphatic rings. The first-order valence-electron chi connectivity index (χ1n) is 7.19. The zero-order valence-electron chi connectivity index (χ0n) is 12.1. The van der Waals surface area contributed by atoms with Crippen LogP contribution in [0.1, 0.15) is 0 Å². The fourth-order valence-corrected chi connectivity index (χ4v) is 3.08. The van der Waals surface area contributed by atoms with E-state index in [0.29, 0.717) is 42.5 Å². The number of carboxylic acid groups (broad SMARTS) is 1. The third kappa shape index (κ3) is 2.33. The largest absolute Gasteiger partial charge is 0.465 e. The molecule has 23 heavy (non-hydrogen) atoms. The molecule has 118 valence electrons. The zero-order chi connectivity index (χ0) is 16.0. The molecule has 0 radical (unpaired) electrons. The summed E-state index contributed by atoms with van der Waals surface area (Å²) >= 11 is 6.07. The van der Waals surface area contributed by atoms with Gasteiger partial charge in [0.1, 0.15) is 6.26 Å². The topological polar surface area (TPSA) is 82.7 Å². The molecule has 8 heteroatoms. The van der Waals surface area contributed by atoms with E-state index in [4.69, 9.17) is 21.2 Å². The van der Waals surface area contributed by atoms with E-state index in [0.717, 1.165) is 16.3 Å². The summed E-state index contributed by atoms with van der Waals surface area (Å²) in [6.45, 7) is 2.02. The van der Waals surface area contributed by atoms with Gasteiger partial charge in [0.2, 0.25) is 0 Å². The number of hydrogen-bond donors (Lipinski definition) is 1. The van der Waals surface area contributed by atoms with Gasteiger partial charge in [-0.05, 0) is 18.2 Å². The average molecular weight is 333 g/mol. The highest BCUT2D eigenvalue weighted by molar-refractivity contribution is 6.31. The van der Waals surface area contributed by atoms with Crippen molar-refractivity contribution in [3.8, 4) is 0 Å². The second kappa shape index (κ2) is 5.27. The van der Waals surface area contributed by atoms with Gasteiger partial charge < -0.3 is 19.4 Å². The van der Waals surface area contributed by atoms with Crippen molar-refractivity contribution in [1.82, 2.24) is 15.0 Å². The Hall–Kier alpha value is -2.54. The van der Waals surface area contributed by atoms with Crippen molar-refractivity contribution >= 4 is 45.3 Å². The maximum atomic E-state index is 11.0. The highest BCUT2D eigenvalue weighted by Gasteiger charge is 2.24. The van der Waals surface area contributed by atoms with Gasteiger partial charge >= 0.3 is 6.09 Å². The van der Waals surface area contributed by atoms with E-state index in [1.54, 1.807) is 12.3 Å². The first-order valence-corrected chi connectivity index (χ1v) is 7.57. The molecule has 1 amide bonds. The number of nitrogens with zero attached hydrogens (tertiary/aromatic N) is 4. The van der Waals surface area contributed by atoms with Gasteiger partial charge in [0, 0.05) is 36.6 Å². The number of carbonyl (C=O) groups is 1. The second-order valence-electron chi connectivity index (χ2n) is 5.43. The van der Waals surface area contributed by atoms with E-state index in [9.17, 15) is 4.79 Å². The van der Waals surface area contributed by atoms with Crippen molar-refractivity contribution in [1.29, 1.82) is 0 Å². The fraction of sp³-hybridized carbons (Fsp3) is 0.267. The molecular formula is C15H13ClN4O3. The van der Waals surface area contributed by atoms with Gasteiger partial charge in [0.25, 0.3) is 0 Å². The number of hydrogen-bond acceptors (Lipinski definition) is 5. The highest BCUT2D eigenvalue weighted by atomic mass is 35.5. The summed E-state index contributed by atoms with van der Waals surface area (Å²) < 4.78 is 5.14.